The van der Waals surface area contributed by atoms with Gasteiger partial charge in [0.15, 0.2) is 0 Å². The number of likely N-dealkylation sites (tertiary alicyclic amines) is 1. The Morgan fingerprint density at radius 3 is 2.92 bits per heavy atom. The maximum Gasteiger partial charge on any atom is 0.244 e. The molecule has 134 valence electrons. The van der Waals surface area contributed by atoms with Gasteiger partial charge in [0.2, 0.25) is 17.7 Å². The number of nitrogens with zero attached hydrogens (tertiary/aromatic N) is 5. The van der Waals surface area contributed by atoms with Crippen molar-refractivity contribution >= 4 is 5.91 Å². The highest BCUT2D eigenvalue weighted by atomic mass is 16.4. The van der Waals surface area contributed by atoms with Gasteiger partial charge in [-0.3, -0.25) is 9.48 Å². The highest BCUT2D eigenvalue weighted by Crippen LogP contribution is 2.50. The summed E-state index contributed by atoms with van der Waals surface area (Å²) in [5.41, 5.74) is 1.81. The second-order valence-electron chi connectivity index (χ2n) is 7.46. The van der Waals surface area contributed by atoms with Crippen LogP contribution in [-0.4, -0.2) is 43.9 Å². The molecule has 7 heteroatoms. The minimum absolute atomic E-state index is 0.121. The zero-order chi connectivity index (χ0) is 17.6. The Bertz CT molecular complexity index is 795. The van der Waals surface area contributed by atoms with Crippen LogP contribution in [0.5, 0.6) is 0 Å². The molecule has 1 amide bonds. The smallest absolute Gasteiger partial charge is 0.244 e. The quantitative estimate of drug-likeness (QED) is 0.849. The van der Waals surface area contributed by atoms with Crippen LogP contribution in [0.3, 0.4) is 0 Å². The Morgan fingerprint density at radius 1 is 1.40 bits per heavy atom. The maximum absolute atomic E-state index is 12.8. The third kappa shape index (κ3) is 2.65. The van der Waals surface area contributed by atoms with Crippen molar-refractivity contribution in [1.29, 1.82) is 0 Å². The van der Waals surface area contributed by atoms with Crippen molar-refractivity contribution in [1.82, 2.24) is 24.9 Å². The van der Waals surface area contributed by atoms with Crippen LogP contribution in [0.1, 0.15) is 49.4 Å². The topological polar surface area (TPSA) is 77.1 Å². The van der Waals surface area contributed by atoms with Gasteiger partial charge in [-0.25, -0.2) is 0 Å². The summed E-state index contributed by atoms with van der Waals surface area (Å²) < 4.78 is 7.70. The van der Waals surface area contributed by atoms with Crippen molar-refractivity contribution in [3.05, 3.63) is 29.2 Å². The molecule has 0 bridgehead atoms. The number of hydrogen-bond acceptors (Lipinski definition) is 5. The van der Waals surface area contributed by atoms with Gasteiger partial charge in [0.05, 0.1) is 11.1 Å². The van der Waals surface area contributed by atoms with Crippen LogP contribution in [0.15, 0.2) is 10.5 Å². The van der Waals surface area contributed by atoms with Crippen LogP contribution < -0.4 is 0 Å². The molecule has 0 aromatic carbocycles. The van der Waals surface area contributed by atoms with E-state index in [2.05, 4.69) is 15.3 Å². The van der Waals surface area contributed by atoms with Gasteiger partial charge in [0, 0.05) is 25.2 Å². The summed E-state index contributed by atoms with van der Waals surface area (Å²) in [6, 6.07) is 2.00. The fourth-order valence-electron chi connectivity index (χ4n) is 4.49. The summed E-state index contributed by atoms with van der Waals surface area (Å²) >= 11 is 0. The van der Waals surface area contributed by atoms with Gasteiger partial charge >= 0.3 is 0 Å². The molecule has 4 rings (SSSR count). The Morgan fingerprint density at radius 2 is 2.24 bits per heavy atom. The summed E-state index contributed by atoms with van der Waals surface area (Å²) in [4.78, 5) is 14.8. The van der Waals surface area contributed by atoms with E-state index < -0.39 is 0 Å². The van der Waals surface area contributed by atoms with Crippen LogP contribution in [-0.2, 0) is 23.2 Å². The fourth-order valence-corrected chi connectivity index (χ4v) is 4.49. The summed E-state index contributed by atoms with van der Waals surface area (Å²) in [5.74, 6) is 1.95. The average Bonchev–Trinajstić information content (AvgIpc) is 3.30. The SMILES string of the molecule is CCc1nnc([C@]23CCC[C@H]2CN(C(=O)Cn2nc(C)cc2C)C3)o1. The molecule has 25 heavy (non-hydrogen) atoms. The molecule has 2 fully saturated rings. The Kier molecular flexibility index (Phi) is 3.89. The minimum Gasteiger partial charge on any atom is -0.425 e. The molecule has 2 aromatic heterocycles. The third-order valence-corrected chi connectivity index (χ3v) is 5.81. The first-order valence-corrected chi connectivity index (χ1v) is 9.13. The number of fused-ring (bicyclic) bond motifs is 1. The van der Waals surface area contributed by atoms with Crippen molar-refractivity contribution in [2.75, 3.05) is 13.1 Å². The third-order valence-electron chi connectivity index (χ3n) is 5.81. The van der Waals surface area contributed by atoms with E-state index in [4.69, 9.17) is 4.42 Å². The summed E-state index contributed by atoms with van der Waals surface area (Å²) in [6.07, 6.45) is 4.04. The molecule has 0 unspecified atom stereocenters. The normalized spacial score (nSPS) is 25.6. The van der Waals surface area contributed by atoms with Crippen molar-refractivity contribution < 1.29 is 9.21 Å². The van der Waals surface area contributed by atoms with E-state index in [1.54, 1.807) is 4.68 Å². The second-order valence-corrected chi connectivity index (χ2v) is 7.46. The molecular weight excluding hydrogens is 318 g/mol. The van der Waals surface area contributed by atoms with Gasteiger partial charge in [-0.15, -0.1) is 10.2 Å². The van der Waals surface area contributed by atoms with E-state index in [-0.39, 0.29) is 11.3 Å². The van der Waals surface area contributed by atoms with E-state index in [9.17, 15) is 4.79 Å². The highest BCUT2D eigenvalue weighted by Gasteiger charge is 2.55. The lowest BCUT2D eigenvalue weighted by Gasteiger charge is -2.24. The number of amides is 1. The molecule has 2 aliphatic rings. The number of aryl methyl sites for hydroxylation is 3. The first-order valence-electron chi connectivity index (χ1n) is 9.13. The predicted octanol–water partition coefficient (Wildman–Crippen LogP) is 2.03. The van der Waals surface area contributed by atoms with Crippen molar-refractivity contribution in [2.24, 2.45) is 5.92 Å². The molecule has 0 radical (unpaired) electrons. The van der Waals surface area contributed by atoms with Gasteiger partial charge < -0.3 is 9.32 Å². The lowest BCUT2D eigenvalue weighted by molar-refractivity contribution is -0.131. The number of hydrogen-bond donors (Lipinski definition) is 0. The standard InChI is InChI=1S/C18H25N5O2/c1-4-15-19-20-17(25-15)18-7-5-6-14(18)9-22(11-18)16(24)10-23-13(3)8-12(2)21-23/h8,14H,4-7,9-11H2,1-3H3/t14-,18-/m0/s1. The number of carbonyl (C=O) groups is 1. The molecular formula is C18H25N5O2. The van der Waals surface area contributed by atoms with Crippen molar-refractivity contribution in [3.63, 3.8) is 0 Å². The zero-order valence-corrected chi connectivity index (χ0v) is 15.2. The Hall–Kier alpha value is -2.18. The van der Waals surface area contributed by atoms with E-state index in [1.165, 1.54) is 0 Å². The van der Waals surface area contributed by atoms with E-state index in [1.807, 2.05) is 31.7 Å². The molecule has 2 aromatic rings. The number of rotatable bonds is 4. The lowest BCUT2D eigenvalue weighted by atomic mass is 9.80. The molecule has 3 heterocycles. The molecule has 1 saturated carbocycles. The highest BCUT2D eigenvalue weighted by molar-refractivity contribution is 5.76. The largest absolute Gasteiger partial charge is 0.425 e. The molecule has 2 atom stereocenters. The summed E-state index contributed by atoms with van der Waals surface area (Å²) in [7, 11) is 0. The molecule has 0 N–H and O–H groups in total. The van der Waals surface area contributed by atoms with Crippen LogP contribution in [0.25, 0.3) is 0 Å². The van der Waals surface area contributed by atoms with Gasteiger partial charge in [-0.1, -0.05) is 13.3 Å². The van der Waals surface area contributed by atoms with Crippen LogP contribution >= 0.6 is 0 Å². The van der Waals surface area contributed by atoms with Gasteiger partial charge in [0.25, 0.3) is 0 Å². The molecule has 1 aliphatic carbocycles. The fraction of sp³-hybridized carbons (Fsp3) is 0.667. The predicted molar refractivity (Wildman–Crippen MR) is 91.0 cm³/mol. The second kappa shape index (κ2) is 5.97. The van der Waals surface area contributed by atoms with E-state index in [0.717, 1.165) is 49.5 Å². The van der Waals surface area contributed by atoms with Crippen LogP contribution in [0.2, 0.25) is 0 Å². The molecule has 1 aliphatic heterocycles. The molecule has 1 saturated heterocycles. The zero-order valence-electron chi connectivity index (χ0n) is 15.2. The number of aromatic nitrogens is 4. The first kappa shape index (κ1) is 16.3. The van der Waals surface area contributed by atoms with Gasteiger partial charge in [0.1, 0.15) is 6.54 Å². The van der Waals surface area contributed by atoms with Crippen LogP contribution in [0, 0.1) is 19.8 Å². The summed E-state index contributed by atoms with van der Waals surface area (Å²) in [5, 5.41) is 12.9. The Balaban J connectivity index is 1.54. The van der Waals surface area contributed by atoms with Gasteiger partial charge in [-0.2, -0.15) is 5.10 Å². The Labute approximate surface area is 147 Å². The van der Waals surface area contributed by atoms with E-state index >= 15 is 0 Å². The van der Waals surface area contributed by atoms with Crippen molar-refractivity contribution in [2.45, 2.75) is 58.4 Å². The first-order chi connectivity index (χ1) is 12.0. The minimum atomic E-state index is -0.148. The van der Waals surface area contributed by atoms with E-state index in [0.29, 0.717) is 24.9 Å². The molecule has 7 nitrogen and oxygen atoms in total. The summed E-state index contributed by atoms with van der Waals surface area (Å²) in [6.45, 7) is 7.71. The van der Waals surface area contributed by atoms with Crippen LogP contribution in [0.4, 0.5) is 0 Å². The molecule has 0 spiro atoms. The lowest BCUT2D eigenvalue weighted by Crippen LogP contribution is -2.36. The average molecular weight is 343 g/mol. The number of carbonyl (C=O) groups excluding carboxylic acids is 1. The monoisotopic (exact) mass is 343 g/mol. The maximum atomic E-state index is 12.8. The van der Waals surface area contributed by atoms with Crippen molar-refractivity contribution in [3.8, 4) is 0 Å². The van der Waals surface area contributed by atoms with Gasteiger partial charge in [-0.05, 0) is 38.7 Å².